The number of ether oxygens (including phenoxy) is 1. The lowest BCUT2D eigenvalue weighted by Gasteiger charge is -2.26. The molecule has 1 unspecified atom stereocenters. The van der Waals surface area contributed by atoms with Gasteiger partial charge in [-0.3, -0.25) is 14.6 Å². The fourth-order valence-electron chi connectivity index (χ4n) is 3.57. The Morgan fingerprint density at radius 2 is 1.93 bits per heavy atom. The Morgan fingerprint density at radius 1 is 1.23 bits per heavy atom. The highest BCUT2D eigenvalue weighted by molar-refractivity contribution is 6.46. The van der Waals surface area contributed by atoms with Gasteiger partial charge in [0.1, 0.15) is 17.3 Å². The van der Waals surface area contributed by atoms with Crippen LogP contribution in [0, 0.1) is 5.82 Å². The van der Waals surface area contributed by atoms with E-state index in [4.69, 9.17) is 4.74 Å². The summed E-state index contributed by atoms with van der Waals surface area (Å²) in [4.78, 5) is 33.2. The van der Waals surface area contributed by atoms with Gasteiger partial charge in [-0.15, -0.1) is 0 Å². The van der Waals surface area contributed by atoms with Crippen molar-refractivity contribution in [2.45, 2.75) is 12.5 Å². The summed E-state index contributed by atoms with van der Waals surface area (Å²) in [6.07, 6.45) is 3.75. The average molecular weight is 413 g/mol. The number of benzene rings is 1. The molecule has 3 rings (SSSR count). The number of aromatic nitrogens is 1. The maximum Gasteiger partial charge on any atom is 0.295 e. The van der Waals surface area contributed by atoms with Crippen molar-refractivity contribution in [2.75, 3.05) is 34.3 Å². The summed E-state index contributed by atoms with van der Waals surface area (Å²) in [6, 6.07) is 6.20. The number of carbonyl (C=O) groups excluding carboxylic acids is 2. The fraction of sp³-hybridized carbons (Fsp3) is 0.318. The van der Waals surface area contributed by atoms with E-state index in [2.05, 4.69) is 4.98 Å². The highest BCUT2D eigenvalue weighted by Gasteiger charge is 2.46. The fourth-order valence-corrected chi connectivity index (χ4v) is 3.57. The lowest BCUT2D eigenvalue weighted by Crippen LogP contribution is -2.32. The van der Waals surface area contributed by atoms with Crippen molar-refractivity contribution < 1.29 is 23.8 Å². The highest BCUT2D eigenvalue weighted by atomic mass is 19.1. The van der Waals surface area contributed by atoms with Crippen molar-refractivity contribution in [2.24, 2.45) is 0 Å². The molecule has 1 amide bonds. The van der Waals surface area contributed by atoms with Crippen molar-refractivity contribution in [3.8, 4) is 5.75 Å². The third-order valence-corrected chi connectivity index (χ3v) is 4.98. The summed E-state index contributed by atoms with van der Waals surface area (Å²) >= 11 is 0. The maximum absolute atomic E-state index is 13.9. The van der Waals surface area contributed by atoms with Crippen LogP contribution in [0.15, 0.2) is 48.3 Å². The summed E-state index contributed by atoms with van der Waals surface area (Å²) in [7, 11) is 5.22. The number of pyridine rings is 1. The number of hydrogen-bond acceptors (Lipinski definition) is 6. The molecule has 0 saturated carbocycles. The number of hydrogen-bond donors (Lipinski definition) is 1. The average Bonchev–Trinajstić information content (AvgIpc) is 2.98. The summed E-state index contributed by atoms with van der Waals surface area (Å²) < 4.78 is 19.1. The third kappa shape index (κ3) is 4.18. The summed E-state index contributed by atoms with van der Waals surface area (Å²) in [6.45, 7) is 1.05. The lowest BCUT2D eigenvalue weighted by molar-refractivity contribution is -0.139. The van der Waals surface area contributed by atoms with E-state index in [1.165, 1.54) is 24.1 Å². The zero-order chi connectivity index (χ0) is 21.8. The quantitative estimate of drug-likeness (QED) is 0.427. The highest BCUT2D eigenvalue weighted by Crippen LogP contribution is 2.40. The topological polar surface area (TPSA) is 83.0 Å². The monoisotopic (exact) mass is 413 g/mol. The van der Waals surface area contributed by atoms with Crippen LogP contribution in [0.25, 0.3) is 5.76 Å². The zero-order valence-electron chi connectivity index (χ0n) is 17.1. The van der Waals surface area contributed by atoms with Gasteiger partial charge >= 0.3 is 0 Å². The van der Waals surface area contributed by atoms with Gasteiger partial charge in [0.25, 0.3) is 11.7 Å². The van der Waals surface area contributed by atoms with Crippen molar-refractivity contribution in [3.05, 3.63) is 65.2 Å². The molecule has 1 aromatic heterocycles. The molecular formula is C22H24FN3O4. The molecule has 0 bridgehead atoms. The van der Waals surface area contributed by atoms with E-state index in [1.807, 2.05) is 19.0 Å². The number of aliphatic hydroxyl groups is 1. The number of ketones is 1. The minimum absolute atomic E-state index is 0.0165. The first-order valence-corrected chi connectivity index (χ1v) is 9.52. The van der Waals surface area contributed by atoms with E-state index >= 15 is 0 Å². The van der Waals surface area contributed by atoms with E-state index in [0.717, 1.165) is 12.6 Å². The van der Waals surface area contributed by atoms with Crippen molar-refractivity contribution in [3.63, 3.8) is 0 Å². The molecule has 1 aromatic carbocycles. The van der Waals surface area contributed by atoms with Gasteiger partial charge < -0.3 is 19.6 Å². The predicted molar refractivity (Wildman–Crippen MR) is 109 cm³/mol. The zero-order valence-corrected chi connectivity index (χ0v) is 17.1. The smallest absolute Gasteiger partial charge is 0.295 e. The predicted octanol–water partition coefficient (Wildman–Crippen LogP) is 2.60. The van der Waals surface area contributed by atoms with Crippen molar-refractivity contribution >= 4 is 17.4 Å². The van der Waals surface area contributed by atoms with Crippen molar-refractivity contribution in [1.29, 1.82) is 0 Å². The van der Waals surface area contributed by atoms with Gasteiger partial charge in [0, 0.05) is 18.9 Å². The molecule has 0 radical (unpaired) electrons. The number of nitrogens with zero attached hydrogens (tertiary/aromatic N) is 3. The second kappa shape index (κ2) is 9.04. The summed E-state index contributed by atoms with van der Waals surface area (Å²) in [5, 5.41) is 11.0. The molecular weight excluding hydrogens is 389 g/mol. The van der Waals surface area contributed by atoms with Crippen LogP contribution in [0.1, 0.15) is 23.6 Å². The Morgan fingerprint density at radius 3 is 2.57 bits per heavy atom. The molecule has 2 heterocycles. The number of likely N-dealkylation sites (tertiary alicyclic amines) is 1. The first kappa shape index (κ1) is 21.4. The van der Waals surface area contributed by atoms with E-state index in [0.29, 0.717) is 18.5 Å². The van der Waals surface area contributed by atoms with Crippen LogP contribution in [0.2, 0.25) is 0 Å². The first-order valence-electron chi connectivity index (χ1n) is 9.52. The maximum atomic E-state index is 13.9. The first-order chi connectivity index (χ1) is 14.3. The van der Waals surface area contributed by atoms with Gasteiger partial charge in [-0.2, -0.15) is 0 Å². The Bertz CT molecular complexity index is 976. The van der Waals surface area contributed by atoms with Gasteiger partial charge in [0.2, 0.25) is 0 Å². The molecule has 30 heavy (non-hydrogen) atoms. The molecule has 1 saturated heterocycles. The van der Waals surface area contributed by atoms with E-state index in [9.17, 15) is 19.1 Å². The second-order valence-electron chi connectivity index (χ2n) is 7.27. The minimum atomic E-state index is -0.814. The number of halogens is 1. The summed E-state index contributed by atoms with van der Waals surface area (Å²) in [5.74, 6) is -2.39. The van der Waals surface area contributed by atoms with Crippen LogP contribution in [-0.4, -0.2) is 65.9 Å². The standard InChI is InChI=1S/C22H24FN3O4/c1-25(2)11-4-12-26-19(14-7-9-24-10-8-14)18(21(28)22(26)29)20(27)16-13-15(23)5-6-17(16)30-3/h5-10,13,19,27H,4,11-12H2,1-3H3/b20-18+. The van der Waals surface area contributed by atoms with Gasteiger partial charge in [-0.1, -0.05) is 0 Å². The molecule has 8 heteroatoms. The molecule has 7 nitrogen and oxygen atoms in total. The van der Waals surface area contributed by atoms with E-state index < -0.39 is 29.3 Å². The van der Waals surface area contributed by atoms with Crippen molar-refractivity contribution in [1.82, 2.24) is 14.8 Å². The lowest BCUT2D eigenvalue weighted by atomic mass is 9.95. The van der Waals surface area contributed by atoms with Crippen LogP contribution in [0.5, 0.6) is 5.75 Å². The SMILES string of the molecule is COc1ccc(F)cc1/C(O)=C1\C(=O)C(=O)N(CCCN(C)C)C1c1ccncc1. The van der Waals surface area contributed by atoms with Gasteiger partial charge in [0.05, 0.1) is 24.3 Å². The molecule has 1 N–H and O–H groups in total. The molecule has 1 aliphatic rings. The Balaban J connectivity index is 2.13. The Kier molecular flexibility index (Phi) is 6.47. The van der Waals surface area contributed by atoms with Crippen LogP contribution in [0.4, 0.5) is 4.39 Å². The molecule has 0 aliphatic carbocycles. The van der Waals surface area contributed by atoms with Gasteiger partial charge in [0.15, 0.2) is 0 Å². The Hall–Kier alpha value is -3.26. The normalized spacial score (nSPS) is 18.3. The molecule has 158 valence electrons. The largest absolute Gasteiger partial charge is 0.507 e. The molecule has 1 fully saturated rings. The number of carbonyl (C=O) groups is 2. The molecule has 1 atom stereocenters. The number of methoxy groups -OCH3 is 1. The van der Waals surface area contributed by atoms with Crippen LogP contribution >= 0.6 is 0 Å². The van der Waals surface area contributed by atoms with Crippen LogP contribution in [0.3, 0.4) is 0 Å². The van der Waals surface area contributed by atoms with Gasteiger partial charge in [-0.05, 0) is 63.0 Å². The van der Waals surface area contributed by atoms with Gasteiger partial charge in [-0.25, -0.2) is 4.39 Å². The van der Waals surface area contributed by atoms with E-state index in [-0.39, 0.29) is 16.9 Å². The Labute approximate surface area is 174 Å². The van der Waals surface area contributed by atoms with E-state index in [1.54, 1.807) is 24.5 Å². The number of rotatable bonds is 7. The minimum Gasteiger partial charge on any atom is -0.507 e. The molecule has 0 spiro atoms. The van der Waals surface area contributed by atoms with Crippen LogP contribution < -0.4 is 4.74 Å². The number of amides is 1. The summed E-state index contributed by atoms with van der Waals surface area (Å²) in [5.41, 5.74) is 0.550. The third-order valence-electron chi connectivity index (χ3n) is 4.98. The van der Waals surface area contributed by atoms with Crippen LogP contribution in [-0.2, 0) is 9.59 Å². The second-order valence-corrected chi connectivity index (χ2v) is 7.27. The molecule has 2 aromatic rings. The molecule has 1 aliphatic heterocycles. The number of aliphatic hydroxyl groups excluding tert-OH is 1. The number of Topliss-reactive ketones (excluding diaryl/α,β-unsaturated/α-hetero) is 1.